The zero-order chi connectivity index (χ0) is 25.7. The largest absolute Gasteiger partial charge is 0.488 e. The van der Waals surface area contributed by atoms with E-state index in [0.717, 1.165) is 16.5 Å². The van der Waals surface area contributed by atoms with E-state index in [1.807, 2.05) is 49.4 Å². The van der Waals surface area contributed by atoms with Gasteiger partial charge in [-0.3, -0.25) is 20.2 Å². The van der Waals surface area contributed by atoms with E-state index >= 15 is 0 Å². The molecule has 0 aliphatic carbocycles. The Morgan fingerprint density at radius 3 is 2.54 bits per heavy atom. The Morgan fingerprint density at radius 1 is 1.00 bits per heavy atom. The molecule has 2 N–H and O–H groups in total. The van der Waals surface area contributed by atoms with E-state index < -0.39 is 17.5 Å². The van der Waals surface area contributed by atoms with Crippen LogP contribution in [0, 0.1) is 10.1 Å². The summed E-state index contributed by atoms with van der Waals surface area (Å²) in [6.07, 6.45) is 0. The summed E-state index contributed by atoms with van der Waals surface area (Å²) in [5.74, 6) is -0.274. The van der Waals surface area contributed by atoms with Crippen molar-refractivity contribution in [2.75, 3.05) is 5.32 Å². The first-order valence-corrected chi connectivity index (χ1v) is 12.9. The average molecular weight is 558 g/mol. The maximum atomic E-state index is 13.2. The molecule has 186 valence electrons. The number of fused-ring (bicyclic) bond motifs is 3. The van der Waals surface area contributed by atoms with Crippen molar-refractivity contribution < 1.29 is 14.5 Å². The van der Waals surface area contributed by atoms with Gasteiger partial charge in [-0.1, -0.05) is 60.7 Å². The molecular formula is C29H24BrN3O4. The SMILES string of the molecule is C[C@@H]1N[C@]2(C(=O)Nc3ccccc32)[C@H]([N+](=O)[O-])[C@@H]1c1ccc(OCc2ccc3ccccc3c2)c(Br)c1. The first kappa shape index (κ1) is 23.6. The Kier molecular flexibility index (Phi) is 5.73. The van der Waals surface area contributed by atoms with Crippen LogP contribution in [-0.4, -0.2) is 22.9 Å². The normalized spacial score (nSPS) is 24.3. The number of nitrogens with one attached hydrogen (secondary N) is 2. The third-order valence-corrected chi connectivity index (χ3v) is 8.13. The molecule has 1 saturated heterocycles. The third-order valence-electron chi connectivity index (χ3n) is 7.51. The number of rotatable bonds is 5. The molecule has 1 amide bonds. The summed E-state index contributed by atoms with van der Waals surface area (Å²) in [7, 11) is 0. The number of nitro groups is 1. The Hall–Kier alpha value is -3.75. The number of benzene rings is 4. The summed E-state index contributed by atoms with van der Waals surface area (Å²) < 4.78 is 6.79. The zero-order valence-electron chi connectivity index (χ0n) is 20.0. The minimum Gasteiger partial charge on any atom is -0.488 e. The van der Waals surface area contributed by atoms with Crippen molar-refractivity contribution in [2.45, 2.75) is 37.1 Å². The van der Waals surface area contributed by atoms with E-state index in [4.69, 9.17) is 4.74 Å². The third kappa shape index (κ3) is 3.79. The van der Waals surface area contributed by atoms with Crippen LogP contribution in [0.15, 0.2) is 89.4 Å². The standard InChI is InChI=1S/C29H24BrN3O4/c1-17-26(27(33(35)36)29(32-17)22-8-4-5-9-24(22)31-28(29)34)21-12-13-25(23(30)15-21)37-16-18-10-11-19-6-2-3-7-20(19)14-18/h2-15,17,26-27,32H,16H2,1H3,(H,31,34)/t17-,26-,27+,29-/m0/s1. The number of amides is 1. The fourth-order valence-corrected chi connectivity index (χ4v) is 6.40. The molecule has 4 aromatic rings. The molecule has 37 heavy (non-hydrogen) atoms. The number of hydrogen-bond acceptors (Lipinski definition) is 5. The zero-order valence-corrected chi connectivity index (χ0v) is 21.6. The van der Waals surface area contributed by atoms with Crippen molar-refractivity contribution in [3.05, 3.63) is 116 Å². The highest BCUT2D eigenvalue weighted by molar-refractivity contribution is 9.10. The molecule has 4 aromatic carbocycles. The van der Waals surface area contributed by atoms with Crippen molar-refractivity contribution >= 4 is 38.3 Å². The van der Waals surface area contributed by atoms with Crippen LogP contribution in [-0.2, 0) is 16.9 Å². The van der Waals surface area contributed by atoms with E-state index in [-0.39, 0.29) is 16.9 Å². The van der Waals surface area contributed by atoms with Gasteiger partial charge >= 0.3 is 0 Å². The lowest BCUT2D eigenvalue weighted by Crippen LogP contribution is -2.54. The molecule has 2 aliphatic rings. The van der Waals surface area contributed by atoms with Gasteiger partial charge in [0.05, 0.1) is 10.4 Å². The maximum absolute atomic E-state index is 13.2. The quantitative estimate of drug-likeness (QED) is 0.241. The Labute approximate surface area is 222 Å². The van der Waals surface area contributed by atoms with Crippen molar-refractivity contribution in [2.24, 2.45) is 0 Å². The van der Waals surface area contributed by atoms with Gasteiger partial charge in [0.1, 0.15) is 12.4 Å². The van der Waals surface area contributed by atoms with Gasteiger partial charge in [0.25, 0.3) is 11.9 Å². The Balaban J connectivity index is 1.29. The highest BCUT2D eigenvalue weighted by Crippen LogP contribution is 2.50. The number of para-hydroxylation sites is 1. The van der Waals surface area contributed by atoms with Crippen LogP contribution in [0.4, 0.5) is 5.69 Å². The number of nitrogens with zero attached hydrogens (tertiary/aromatic N) is 1. The Bertz CT molecular complexity index is 1560. The van der Waals surface area contributed by atoms with E-state index in [9.17, 15) is 14.9 Å². The monoisotopic (exact) mass is 557 g/mol. The topological polar surface area (TPSA) is 93.5 Å². The van der Waals surface area contributed by atoms with Gasteiger partial charge in [-0.05, 0) is 69.0 Å². The lowest BCUT2D eigenvalue weighted by molar-refractivity contribution is -0.532. The predicted octanol–water partition coefficient (Wildman–Crippen LogP) is 5.75. The van der Waals surface area contributed by atoms with Crippen LogP contribution < -0.4 is 15.4 Å². The maximum Gasteiger partial charge on any atom is 0.256 e. The van der Waals surface area contributed by atoms with Crippen molar-refractivity contribution in [1.82, 2.24) is 5.32 Å². The molecule has 2 heterocycles. The number of carbonyl (C=O) groups excluding carboxylic acids is 1. The molecule has 0 unspecified atom stereocenters. The summed E-state index contributed by atoms with van der Waals surface area (Å²) in [6.45, 7) is 2.28. The van der Waals surface area contributed by atoms with Crippen molar-refractivity contribution in [3.8, 4) is 5.75 Å². The highest BCUT2D eigenvalue weighted by Gasteiger charge is 2.67. The second-order valence-electron chi connectivity index (χ2n) is 9.66. The van der Waals surface area contributed by atoms with Crippen molar-refractivity contribution in [1.29, 1.82) is 0 Å². The first-order valence-electron chi connectivity index (χ1n) is 12.1. The van der Waals surface area contributed by atoms with Gasteiger partial charge < -0.3 is 10.1 Å². The summed E-state index contributed by atoms with van der Waals surface area (Å²) in [4.78, 5) is 25.4. The summed E-state index contributed by atoms with van der Waals surface area (Å²) in [5, 5.41) is 21.0. The minimum absolute atomic E-state index is 0.316. The average Bonchev–Trinajstić information content (AvgIpc) is 3.36. The molecule has 0 radical (unpaired) electrons. The molecule has 7 nitrogen and oxygen atoms in total. The number of carbonyl (C=O) groups is 1. The first-order chi connectivity index (χ1) is 17.9. The molecular weight excluding hydrogens is 534 g/mol. The lowest BCUT2D eigenvalue weighted by Gasteiger charge is -2.25. The van der Waals surface area contributed by atoms with E-state index in [1.165, 1.54) is 5.39 Å². The smallest absolute Gasteiger partial charge is 0.256 e. The molecule has 2 aliphatic heterocycles. The van der Waals surface area contributed by atoms with Gasteiger partial charge in [-0.2, -0.15) is 0 Å². The molecule has 0 saturated carbocycles. The van der Waals surface area contributed by atoms with E-state index in [0.29, 0.717) is 28.1 Å². The summed E-state index contributed by atoms with van der Waals surface area (Å²) in [6, 6.07) is 25.6. The van der Waals surface area contributed by atoms with Crippen LogP contribution in [0.5, 0.6) is 5.75 Å². The minimum atomic E-state index is -1.43. The highest BCUT2D eigenvalue weighted by atomic mass is 79.9. The predicted molar refractivity (Wildman–Crippen MR) is 145 cm³/mol. The van der Waals surface area contributed by atoms with Gasteiger partial charge in [-0.25, -0.2) is 0 Å². The molecule has 8 heteroatoms. The van der Waals surface area contributed by atoms with Gasteiger partial charge in [0, 0.05) is 22.2 Å². The van der Waals surface area contributed by atoms with Crippen LogP contribution >= 0.6 is 15.9 Å². The van der Waals surface area contributed by atoms with E-state index in [1.54, 1.807) is 18.2 Å². The summed E-state index contributed by atoms with van der Waals surface area (Å²) in [5.41, 5.74) is 1.61. The van der Waals surface area contributed by atoms with Gasteiger partial charge in [0.2, 0.25) is 0 Å². The van der Waals surface area contributed by atoms with Crippen LogP contribution in [0.3, 0.4) is 0 Å². The molecule has 1 spiro atoms. The molecule has 0 bridgehead atoms. The van der Waals surface area contributed by atoms with Crippen LogP contribution in [0.2, 0.25) is 0 Å². The second kappa shape index (κ2) is 8.97. The Morgan fingerprint density at radius 2 is 1.76 bits per heavy atom. The number of halogens is 1. The van der Waals surface area contributed by atoms with Gasteiger partial charge in [-0.15, -0.1) is 0 Å². The fourth-order valence-electron chi connectivity index (χ4n) is 5.88. The van der Waals surface area contributed by atoms with Crippen molar-refractivity contribution in [3.63, 3.8) is 0 Å². The fraction of sp³-hybridized carbons (Fsp3) is 0.207. The number of ether oxygens (including phenoxy) is 1. The number of anilines is 1. The molecule has 0 aromatic heterocycles. The molecule has 1 fully saturated rings. The van der Waals surface area contributed by atoms with Crippen LogP contribution in [0.1, 0.15) is 29.5 Å². The van der Waals surface area contributed by atoms with Crippen LogP contribution in [0.25, 0.3) is 10.8 Å². The number of hydrogen-bond donors (Lipinski definition) is 2. The van der Waals surface area contributed by atoms with E-state index in [2.05, 4.69) is 50.8 Å². The summed E-state index contributed by atoms with van der Waals surface area (Å²) >= 11 is 3.60. The molecule has 6 rings (SSSR count). The van der Waals surface area contributed by atoms with Gasteiger partial charge in [0.15, 0.2) is 5.54 Å². The molecule has 4 atom stereocenters. The lowest BCUT2D eigenvalue weighted by atomic mass is 9.78. The second-order valence-corrected chi connectivity index (χ2v) is 10.5.